The Morgan fingerprint density at radius 1 is 1.50 bits per heavy atom. The highest BCUT2D eigenvalue weighted by atomic mass is 16.5. The Bertz CT molecular complexity index is 676. The molecule has 3 rings (SSSR count). The predicted octanol–water partition coefficient (Wildman–Crippen LogP) is 0.928. The molecule has 0 aliphatic carbocycles. The lowest BCUT2D eigenvalue weighted by molar-refractivity contribution is -0.0670. The van der Waals surface area contributed by atoms with Crippen molar-refractivity contribution < 1.29 is 14.6 Å². The zero-order valence-electron chi connectivity index (χ0n) is 12.6. The van der Waals surface area contributed by atoms with Crippen LogP contribution in [-0.4, -0.2) is 51.3 Å². The third-order valence-corrected chi connectivity index (χ3v) is 4.05. The number of aromatic amines is 1. The van der Waals surface area contributed by atoms with E-state index in [0.717, 1.165) is 5.82 Å². The van der Waals surface area contributed by atoms with Crippen LogP contribution in [0.3, 0.4) is 0 Å². The number of imidazole rings is 1. The van der Waals surface area contributed by atoms with Crippen molar-refractivity contribution in [2.75, 3.05) is 19.8 Å². The highest BCUT2D eigenvalue weighted by Crippen LogP contribution is 2.23. The number of nitrogens with one attached hydrogen (secondary N) is 2. The van der Waals surface area contributed by atoms with Gasteiger partial charge in [-0.15, -0.1) is 0 Å². The average molecular weight is 304 g/mol. The van der Waals surface area contributed by atoms with Gasteiger partial charge in [0.25, 0.3) is 5.91 Å². The van der Waals surface area contributed by atoms with E-state index in [1.807, 2.05) is 6.92 Å². The molecule has 0 bridgehead atoms. The Kier molecular flexibility index (Phi) is 4.08. The SMILES string of the molecule is Cc1nc2nccc(C(=O)NCCC3(O)CCOCC3)c2[nH]1. The lowest BCUT2D eigenvalue weighted by atomic mass is 9.91. The first-order chi connectivity index (χ1) is 10.6. The maximum Gasteiger partial charge on any atom is 0.253 e. The first kappa shape index (κ1) is 14.9. The molecule has 0 unspecified atom stereocenters. The number of fused-ring (bicyclic) bond motifs is 1. The van der Waals surface area contributed by atoms with Crippen LogP contribution in [0.1, 0.15) is 35.4 Å². The maximum absolute atomic E-state index is 12.3. The van der Waals surface area contributed by atoms with Gasteiger partial charge in [0.15, 0.2) is 5.65 Å². The second-order valence-electron chi connectivity index (χ2n) is 5.72. The van der Waals surface area contributed by atoms with E-state index in [9.17, 15) is 9.90 Å². The summed E-state index contributed by atoms with van der Waals surface area (Å²) in [5, 5.41) is 13.2. The molecule has 2 aromatic rings. The minimum Gasteiger partial charge on any atom is -0.390 e. The van der Waals surface area contributed by atoms with Crippen molar-refractivity contribution >= 4 is 17.1 Å². The van der Waals surface area contributed by atoms with E-state index in [1.54, 1.807) is 12.3 Å². The molecule has 22 heavy (non-hydrogen) atoms. The smallest absolute Gasteiger partial charge is 0.253 e. The van der Waals surface area contributed by atoms with Crippen LogP contribution in [0.15, 0.2) is 12.3 Å². The lowest BCUT2D eigenvalue weighted by Gasteiger charge is -2.32. The topological polar surface area (TPSA) is 100 Å². The summed E-state index contributed by atoms with van der Waals surface area (Å²) in [4.78, 5) is 23.7. The molecule has 7 heteroatoms. The number of H-pyrrole nitrogens is 1. The summed E-state index contributed by atoms with van der Waals surface area (Å²) in [6, 6.07) is 1.67. The van der Waals surface area contributed by atoms with E-state index in [4.69, 9.17) is 4.74 Å². The third kappa shape index (κ3) is 3.10. The molecule has 0 atom stereocenters. The molecule has 7 nitrogen and oxygen atoms in total. The van der Waals surface area contributed by atoms with Gasteiger partial charge in [0.05, 0.1) is 16.7 Å². The number of carbonyl (C=O) groups is 1. The van der Waals surface area contributed by atoms with Crippen molar-refractivity contribution in [2.45, 2.75) is 31.8 Å². The van der Waals surface area contributed by atoms with E-state index in [0.29, 0.717) is 55.7 Å². The van der Waals surface area contributed by atoms with Gasteiger partial charge in [-0.25, -0.2) is 9.97 Å². The molecule has 0 saturated carbocycles. The van der Waals surface area contributed by atoms with Crippen molar-refractivity contribution in [2.24, 2.45) is 0 Å². The molecule has 0 aromatic carbocycles. The molecule has 2 aromatic heterocycles. The van der Waals surface area contributed by atoms with E-state index in [2.05, 4.69) is 20.3 Å². The van der Waals surface area contributed by atoms with Gasteiger partial charge in [-0.2, -0.15) is 0 Å². The van der Waals surface area contributed by atoms with Gasteiger partial charge in [-0.1, -0.05) is 0 Å². The third-order valence-electron chi connectivity index (χ3n) is 4.05. The summed E-state index contributed by atoms with van der Waals surface area (Å²) in [6.07, 6.45) is 3.33. The van der Waals surface area contributed by atoms with Crippen LogP contribution in [0, 0.1) is 6.92 Å². The fourth-order valence-corrected chi connectivity index (χ4v) is 2.72. The summed E-state index contributed by atoms with van der Waals surface area (Å²) in [7, 11) is 0. The van der Waals surface area contributed by atoms with E-state index in [-0.39, 0.29) is 5.91 Å². The number of rotatable bonds is 4. The van der Waals surface area contributed by atoms with E-state index < -0.39 is 5.60 Å². The number of pyridine rings is 1. The van der Waals surface area contributed by atoms with Crippen LogP contribution in [0.2, 0.25) is 0 Å². The fourth-order valence-electron chi connectivity index (χ4n) is 2.72. The minimum absolute atomic E-state index is 0.188. The normalized spacial score (nSPS) is 17.5. The number of ether oxygens (including phenoxy) is 1. The first-order valence-corrected chi connectivity index (χ1v) is 7.47. The zero-order chi connectivity index (χ0) is 15.6. The molecule has 3 N–H and O–H groups in total. The zero-order valence-corrected chi connectivity index (χ0v) is 12.6. The van der Waals surface area contributed by atoms with E-state index >= 15 is 0 Å². The molecule has 3 heterocycles. The Hall–Kier alpha value is -1.99. The molecule has 0 spiro atoms. The van der Waals surface area contributed by atoms with Crippen molar-refractivity contribution in [3.05, 3.63) is 23.7 Å². The van der Waals surface area contributed by atoms with Crippen LogP contribution < -0.4 is 5.32 Å². The number of amides is 1. The summed E-state index contributed by atoms with van der Waals surface area (Å²) in [5.74, 6) is 0.533. The molecule has 1 fully saturated rings. The molecule has 1 saturated heterocycles. The number of aryl methyl sites for hydroxylation is 1. The standard InChI is InChI=1S/C15H20N4O3/c1-10-18-12-11(2-6-16-13(12)19-10)14(20)17-7-3-15(21)4-8-22-9-5-15/h2,6,21H,3-5,7-9H2,1H3,(H,17,20)(H,16,18,19). The van der Waals surface area contributed by atoms with Gasteiger partial charge in [-0.3, -0.25) is 4.79 Å². The van der Waals surface area contributed by atoms with Gasteiger partial charge in [0.2, 0.25) is 0 Å². The molecular weight excluding hydrogens is 284 g/mol. The monoisotopic (exact) mass is 304 g/mol. The fraction of sp³-hybridized carbons (Fsp3) is 0.533. The summed E-state index contributed by atoms with van der Waals surface area (Å²) in [5.41, 5.74) is 0.962. The first-order valence-electron chi connectivity index (χ1n) is 7.47. The number of carbonyl (C=O) groups excluding carboxylic acids is 1. The highest BCUT2D eigenvalue weighted by Gasteiger charge is 2.29. The van der Waals surface area contributed by atoms with Gasteiger partial charge in [-0.05, 0) is 32.3 Å². The average Bonchev–Trinajstić information content (AvgIpc) is 2.87. The van der Waals surface area contributed by atoms with Crippen molar-refractivity contribution in [1.82, 2.24) is 20.3 Å². The van der Waals surface area contributed by atoms with Crippen LogP contribution in [0.4, 0.5) is 0 Å². The van der Waals surface area contributed by atoms with Crippen LogP contribution >= 0.6 is 0 Å². The van der Waals surface area contributed by atoms with Crippen LogP contribution in [0.5, 0.6) is 0 Å². The highest BCUT2D eigenvalue weighted by molar-refractivity contribution is 6.03. The summed E-state index contributed by atoms with van der Waals surface area (Å²) < 4.78 is 5.25. The molecule has 0 radical (unpaired) electrons. The molecule has 1 amide bonds. The quantitative estimate of drug-likeness (QED) is 0.780. The minimum atomic E-state index is -0.732. The lowest BCUT2D eigenvalue weighted by Crippen LogP contribution is -2.39. The Labute approximate surface area is 128 Å². The Balaban J connectivity index is 1.64. The molecule has 1 aliphatic heterocycles. The van der Waals surface area contributed by atoms with Crippen molar-refractivity contribution in [3.63, 3.8) is 0 Å². The van der Waals surface area contributed by atoms with Crippen LogP contribution in [-0.2, 0) is 4.74 Å². The summed E-state index contributed by atoms with van der Waals surface area (Å²) in [6.45, 7) is 3.39. The Morgan fingerprint density at radius 2 is 2.27 bits per heavy atom. The second-order valence-corrected chi connectivity index (χ2v) is 5.72. The van der Waals surface area contributed by atoms with Gasteiger partial charge < -0.3 is 20.1 Å². The Morgan fingerprint density at radius 3 is 3.05 bits per heavy atom. The number of aliphatic hydroxyl groups is 1. The number of hydrogen-bond acceptors (Lipinski definition) is 5. The van der Waals surface area contributed by atoms with Gasteiger partial charge >= 0.3 is 0 Å². The second kappa shape index (κ2) is 6.02. The van der Waals surface area contributed by atoms with Crippen LogP contribution in [0.25, 0.3) is 11.2 Å². The number of nitrogens with zero attached hydrogens (tertiary/aromatic N) is 2. The molecular formula is C15H20N4O3. The van der Waals surface area contributed by atoms with E-state index in [1.165, 1.54) is 0 Å². The summed E-state index contributed by atoms with van der Waals surface area (Å²) >= 11 is 0. The molecule has 1 aliphatic rings. The largest absolute Gasteiger partial charge is 0.390 e. The van der Waals surface area contributed by atoms with Crippen molar-refractivity contribution in [1.29, 1.82) is 0 Å². The molecule has 118 valence electrons. The van der Waals surface area contributed by atoms with Gasteiger partial charge in [0, 0.05) is 26.0 Å². The van der Waals surface area contributed by atoms with Gasteiger partial charge in [0.1, 0.15) is 5.82 Å². The number of aromatic nitrogens is 3. The maximum atomic E-state index is 12.3. The predicted molar refractivity (Wildman–Crippen MR) is 80.6 cm³/mol. The van der Waals surface area contributed by atoms with Crippen molar-refractivity contribution in [3.8, 4) is 0 Å². The number of hydrogen-bond donors (Lipinski definition) is 3.